The number of aliphatic hydroxyl groups is 1. The van der Waals surface area contributed by atoms with Crippen LogP contribution in [0.25, 0.3) is 0 Å². The van der Waals surface area contributed by atoms with Gasteiger partial charge in [-0.15, -0.1) is 5.54 Å². The summed E-state index contributed by atoms with van der Waals surface area (Å²) >= 11 is 0. The van der Waals surface area contributed by atoms with Crippen molar-refractivity contribution in [1.29, 1.82) is 0 Å². The normalized spacial score (nSPS) is 14.4. The van der Waals surface area contributed by atoms with Gasteiger partial charge in [0.1, 0.15) is 21.0 Å². The maximum Gasteiger partial charge on any atom is 0.147 e. The van der Waals surface area contributed by atoms with Gasteiger partial charge < -0.3 is 19.3 Å². The van der Waals surface area contributed by atoms with Crippen molar-refractivity contribution in [1.82, 2.24) is 0 Å². The van der Waals surface area contributed by atoms with E-state index in [2.05, 4.69) is 53.0 Å². The van der Waals surface area contributed by atoms with Crippen LogP contribution in [0, 0.1) is 11.5 Å². The molecule has 2 atom stereocenters. The third kappa shape index (κ3) is 10.00. The monoisotopic (exact) mass is 472 g/mol. The summed E-state index contributed by atoms with van der Waals surface area (Å²) in [4.78, 5) is 0. The average Bonchev–Trinajstić information content (AvgIpc) is 2.78. The standard InChI is InChI=1S/C28H44O4Si/c1-23(2)33(24(3)4,25(5)6)20-14-9-8-13-17-28(32-22-30-7)27(29)18-19-31-21-26-15-11-10-12-16-26/h8-13,15-17,23-25,27-29H,18-19,21-22H2,1-7H3/b9-8-,17-13+/t27-,28-/m0/s1. The van der Waals surface area contributed by atoms with Crippen LogP contribution >= 0.6 is 0 Å². The van der Waals surface area contributed by atoms with Crippen molar-refractivity contribution in [2.24, 2.45) is 0 Å². The molecule has 4 nitrogen and oxygen atoms in total. The van der Waals surface area contributed by atoms with Gasteiger partial charge in [0.05, 0.1) is 12.7 Å². The smallest absolute Gasteiger partial charge is 0.147 e. The number of allylic oxidation sites excluding steroid dienone is 3. The SMILES string of the molecule is COCO[C@@H](/C=C/C=C\C#C[Si](C(C)C)(C(C)C)C(C)C)[C@@H](O)CCOCc1ccccc1. The number of benzene rings is 1. The van der Waals surface area contributed by atoms with E-state index in [0.717, 1.165) is 5.56 Å². The molecule has 33 heavy (non-hydrogen) atoms. The first-order chi connectivity index (χ1) is 15.8. The highest BCUT2D eigenvalue weighted by Crippen LogP contribution is 2.40. The fourth-order valence-electron chi connectivity index (χ4n) is 4.45. The minimum Gasteiger partial charge on any atom is -0.390 e. The molecule has 1 aromatic carbocycles. The van der Waals surface area contributed by atoms with E-state index in [4.69, 9.17) is 14.2 Å². The van der Waals surface area contributed by atoms with Crippen molar-refractivity contribution in [3.63, 3.8) is 0 Å². The summed E-state index contributed by atoms with van der Waals surface area (Å²) < 4.78 is 16.4. The summed E-state index contributed by atoms with van der Waals surface area (Å²) in [5.41, 5.74) is 6.62. The Hall–Kier alpha value is -1.68. The van der Waals surface area contributed by atoms with Crippen molar-refractivity contribution in [3.05, 3.63) is 60.2 Å². The molecule has 1 aromatic rings. The van der Waals surface area contributed by atoms with Crippen LogP contribution in [0.1, 0.15) is 53.5 Å². The van der Waals surface area contributed by atoms with E-state index in [-0.39, 0.29) is 6.79 Å². The molecule has 0 aliphatic rings. The molecule has 0 aromatic heterocycles. The van der Waals surface area contributed by atoms with Crippen LogP contribution in [0.4, 0.5) is 0 Å². The van der Waals surface area contributed by atoms with Crippen LogP contribution in [0.5, 0.6) is 0 Å². The number of hydrogen-bond acceptors (Lipinski definition) is 4. The Labute approximate surface area is 203 Å². The predicted octanol–water partition coefficient (Wildman–Crippen LogP) is 6.28. The molecule has 1 N–H and O–H groups in total. The van der Waals surface area contributed by atoms with Crippen LogP contribution in [0.2, 0.25) is 16.6 Å². The number of aliphatic hydroxyl groups excluding tert-OH is 1. The lowest BCUT2D eigenvalue weighted by Crippen LogP contribution is -2.43. The van der Waals surface area contributed by atoms with Gasteiger partial charge in [-0.05, 0) is 34.7 Å². The summed E-state index contributed by atoms with van der Waals surface area (Å²) in [7, 11) is -0.151. The van der Waals surface area contributed by atoms with Gasteiger partial charge in [-0.3, -0.25) is 0 Å². The molecule has 1 rings (SSSR count). The zero-order chi connectivity index (χ0) is 24.7. The molecular formula is C28H44O4Si. The van der Waals surface area contributed by atoms with Crippen molar-refractivity contribution in [2.45, 2.75) is 83.4 Å². The largest absolute Gasteiger partial charge is 0.390 e. The lowest BCUT2D eigenvalue weighted by atomic mass is 10.1. The maximum absolute atomic E-state index is 10.6. The van der Waals surface area contributed by atoms with Crippen molar-refractivity contribution in [2.75, 3.05) is 20.5 Å². The Bertz CT molecular complexity index is 737. The topological polar surface area (TPSA) is 47.9 Å². The summed E-state index contributed by atoms with van der Waals surface area (Å²) in [6.45, 7) is 15.0. The van der Waals surface area contributed by atoms with Crippen LogP contribution in [0.3, 0.4) is 0 Å². The summed E-state index contributed by atoms with van der Waals surface area (Å²) in [5, 5.41) is 10.6. The average molecular weight is 473 g/mol. The lowest BCUT2D eigenvalue weighted by Gasteiger charge is -2.37. The third-order valence-electron chi connectivity index (χ3n) is 6.17. The van der Waals surface area contributed by atoms with Crippen LogP contribution in [0.15, 0.2) is 54.6 Å². The zero-order valence-corrected chi connectivity index (χ0v) is 22.6. The highest BCUT2D eigenvalue weighted by Gasteiger charge is 2.41. The third-order valence-corrected chi connectivity index (χ3v) is 12.5. The number of hydrogen-bond donors (Lipinski definition) is 1. The van der Waals surface area contributed by atoms with Crippen LogP contribution in [-0.4, -0.2) is 45.9 Å². The van der Waals surface area contributed by atoms with E-state index >= 15 is 0 Å². The Morgan fingerprint density at radius 2 is 1.61 bits per heavy atom. The van der Waals surface area contributed by atoms with Gasteiger partial charge in [0, 0.05) is 13.7 Å². The molecule has 0 bridgehead atoms. The first kappa shape index (κ1) is 29.3. The quantitative estimate of drug-likeness (QED) is 0.114. The molecule has 0 radical (unpaired) electrons. The molecule has 0 unspecified atom stereocenters. The Morgan fingerprint density at radius 3 is 2.18 bits per heavy atom. The second kappa shape index (κ2) is 16.0. The minimum absolute atomic E-state index is 0.117. The number of rotatable bonds is 14. The van der Waals surface area contributed by atoms with Gasteiger partial charge >= 0.3 is 0 Å². The first-order valence-corrected chi connectivity index (χ1v) is 14.2. The van der Waals surface area contributed by atoms with E-state index in [0.29, 0.717) is 36.3 Å². The summed E-state index contributed by atoms with van der Waals surface area (Å²) in [6, 6.07) is 10.0. The molecule has 0 saturated heterocycles. The van der Waals surface area contributed by atoms with E-state index in [1.807, 2.05) is 54.6 Å². The molecule has 5 heteroatoms. The van der Waals surface area contributed by atoms with Crippen molar-refractivity contribution < 1.29 is 19.3 Å². The number of ether oxygens (including phenoxy) is 3. The molecule has 0 amide bonds. The van der Waals surface area contributed by atoms with E-state index in [1.165, 1.54) is 0 Å². The number of methoxy groups -OCH3 is 1. The van der Waals surface area contributed by atoms with Crippen LogP contribution in [-0.2, 0) is 20.8 Å². The second-order valence-corrected chi connectivity index (χ2v) is 14.9. The molecule has 184 valence electrons. The highest BCUT2D eigenvalue weighted by molar-refractivity contribution is 6.90. The molecule has 0 fully saturated rings. The Morgan fingerprint density at radius 1 is 0.970 bits per heavy atom. The second-order valence-electron chi connectivity index (χ2n) is 9.34. The first-order valence-electron chi connectivity index (χ1n) is 12.0. The molecule has 0 heterocycles. The van der Waals surface area contributed by atoms with Gasteiger partial charge in [-0.2, -0.15) is 0 Å². The van der Waals surface area contributed by atoms with E-state index in [9.17, 15) is 5.11 Å². The summed E-state index contributed by atoms with van der Waals surface area (Å²) in [6.07, 6.45) is 6.85. The molecule has 0 spiro atoms. The van der Waals surface area contributed by atoms with E-state index < -0.39 is 20.3 Å². The lowest BCUT2D eigenvalue weighted by molar-refractivity contribution is -0.0981. The van der Waals surface area contributed by atoms with Crippen LogP contribution < -0.4 is 0 Å². The Kier molecular flexibility index (Phi) is 14.3. The Balaban J connectivity index is 2.67. The maximum atomic E-state index is 10.6. The van der Waals surface area contributed by atoms with Gasteiger partial charge in [-0.25, -0.2) is 0 Å². The fraction of sp³-hybridized carbons (Fsp3) is 0.571. The van der Waals surface area contributed by atoms with Gasteiger partial charge in [0.25, 0.3) is 0 Å². The molecule has 0 aliphatic heterocycles. The highest BCUT2D eigenvalue weighted by atomic mass is 28.3. The van der Waals surface area contributed by atoms with Gasteiger partial charge in [0.15, 0.2) is 0 Å². The van der Waals surface area contributed by atoms with Crippen molar-refractivity contribution >= 4 is 8.07 Å². The minimum atomic E-state index is -1.72. The van der Waals surface area contributed by atoms with Gasteiger partial charge in [-0.1, -0.05) is 96.0 Å². The molecule has 0 saturated carbocycles. The van der Waals surface area contributed by atoms with Gasteiger partial charge in [0.2, 0.25) is 0 Å². The fourth-order valence-corrected chi connectivity index (χ4v) is 9.65. The zero-order valence-electron chi connectivity index (χ0n) is 21.6. The molecular weight excluding hydrogens is 428 g/mol. The molecule has 0 aliphatic carbocycles. The van der Waals surface area contributed by atoms with Crippen molar-refractivity contribution in [3.8, 4) is 11.5 Å². The van der Waals surface area contributed by atoms with E-state index in [1.54, 1.807) is 7.11 Å². The summed E-state index contributed by atoms with van der Waals surface area (Å²) in [5.74, 6) is 3.31. The predicted molar refractivity (Wildman–Crippen MR) is 141 cm³/mol.